The van der Waals surface area contributed by atoms with Crippen LogP contribution in [0.3, 0.4) is 0 Å². The highest BCUT2D eigenvalue weighted by molar-refractivity contribution is 6.06. The molecule has 3 heterocycles. The molecule has 23 heavy (non-hydrogen) atoms. The number of aryl methyl sites for hydroxylation is 3. The molecule has 0 aromatic carbocycles. The molecule has 0 saturated carbocycles. The summed E-state index contributed by atoms with van der Waals surface area (Å²) in [7, 11) is 1.80. The molecule has 7 heteroatoms. The molecule has 0 aliphatic carbocycles. The van der Waals surface area contributed by atoms with Gasteiger partial charge in [0, 0.05) is 25.3 Å². The van der Waals surface area contributed by atoms with Gasteiger partial charge in [0.1, 0.15) is 0 Å². The van der Waals surface area contributed by atoms with E-state index in [0.717, 1.165) is 29.6 Å². The lowest BCUT2D eigenvalue weighted by Gasteiger charge is -2.24. The Labute approximate surface area is 133 Å². The van der Waals surface area contributed by atoms with Crippen molar-refractivity contribution in [2.24, 2.45) is 7.05 Å². The first-order chi connectivity index (χ1) is 10.9. The fraction of sp³-hybridized carbons (Fsp3) is 0.500. The Morgan fingerprint density at radius 1 is 1.39 bits per heavy atom. The summed E-state index contributed by atoms with van der Waals surface area (Å²) < 4.78 is 1.67. The van der Waals surface area contributed by atoms with E-state index in [1.807, 2.05) is 13.8 Å². The molecule has 1 aliphatic rings. The van der Waals surface area contributed by atoms with Crippen LogP contribution in [0.5, 0.6) is 0 Å². The maximum atomic E-state index is 13.0. The average molecular weight is 316 g/mol. The van der Waals surface area contributed by atoms with Crippen molar-refractivity contribution in [2.45, 2.75) is 39.2 Å². The molecule has 1 amide bonds. The van der Waals surface area contributed by atoms with Gasteiger partial charge in [-0.3, -0.25) is 14.3 Å². The lowest BCUT2D eigenvalue weighted by Crippen LogP contribution is -2.37. The van der Waals surface area contributed by atoms with Crippen molar-refractivity contribution in [1.29, 1.82) is 0 Å². The van der Waals surface area contributed by atoms with Crippen LogP contribution in [0.1, 0.15) is 41.0 Å². The topological polar surface area (TPSA) is 88.3 Å². The summed E-state index contributed by atoms with van der Waals surface area (Å²) in [5.74, 6) is -0.997. The van der Waals surface area contributed by atoms with Crippen LogP contribution in [0, 0.1) is 13.8 Å². The fourth-order valence-electron chi connectivity index (χ4n) is 3.41. The molecule has 1 N–H and O–H groups in total. The Balaban J connectivity index is 2.05. The van der Waals surface area contributed by atoms with Crippen molar-refractivity contribution in [3.05, 3.63) is 23.0 Å². The monoisotopic (exact) mass is 316 g/mol. The minimum absolute atomic E-state index is 0.00896. The number of pyridine rings is 1. The predicted octanol–water partition coefficient (Wildman–Crippen LogP) is 1.66. The average Bonchev–Trinajstić information content (AvgIpc) is 3.02. The summed E-state index contributed by atoms with van der Waals surface area (Å²) >= 11 is 0. The van der Waals surface area contributed by atoms with Crippen LogP contribution in [-0.2, 0) is 11.8 Å². The summed E-state index contributed by atoms with van der Waals surface area (Å²) in [5.41, 5.74) is 2.75. The molecule has 0 bridgehead atoms. The quantitative estimate of drug-likeness (QED) is 0.930. The van der Waals surface area contributed by atoms with E-state index < -0.39 is 5.97 Å². The van der Waals surface area contributed by atoms with Gasteiger partial charge in [-0.25, -0.2) is 4.98 Å². The highest BCUT2D eigenvalue weighted by Crippen LogP contribution is 2.27. The van der Waals surface area contributed by atoms with Crippen molar-refractivity contribution >= 4 is 22.9 Å². The number of aromatic nitrogens is 3. The van der Waals surface area contributed by atoms with Gasteiger partial charge in [-0.05, 0) is 32.8 Å². The van der Waals surface area contributed by atoms with Crippen LogP contribution >= 0.6 is 0 Å². The second-order valence-electron chi connectivity index (χ2n) is 6.11. The number of hydrogen-bond donors (Lipinski definition) is 1. The summed E-state index contributed by atoms with van der Waals surface area (Å²) in [6, 6.07) is 1.54. The molecular formula is C16H20N4O3. The van der Waals surface area contributed by atoms with Gasteiger partial charge in [-0.15, -0.1) is 0 Å². The third kappa shape index (κ3) is 2.67. The van der Waals surface area contributed by atoms with E-state index in [-0.39, 0.29) is 18.4 Å². The van der Waals surface area contributed by atoms with Crippen molar-refractivity contribution in [2.75, 3.05) is 6.54 Å². The molecule has 1 saturated heterocycles. The molecule has 7 nitrogen and oxygen atoms in total. The molecule has 1 unspecified atom stereocenters. The number of carboxylic acid groups (broad SMARTS) is 1. The van der Waals surface area contributed by atoms with E-state index in [2.05, 4.69) is 10.1 Å². The maximum absolute atomic E-state index is 13.0. The minimum atomic E-state index is -0.872. The van der Waals surface area contributed by atoms with Gasteiger partial charge in [0.2, 0.25) is 0 Å². The largest absolute Gasteiger partial charge is 0.481 e. The Hall–Kier alpha value is -2.44. The summed E-state index contributed by atoms with van der Waals surface area (Å²) in [5, 5.41) is 14.2. The fourth-order valence-corrected chi connectivity index (χ4v) is 3.41. The molecule has 3 rings (SSSR count). The highest BCUT2D eigenvalue weighted by Gasteiger charge is 2.32. The van der Waals surface area contributed by atoms with Crippen LogP contribution < -0.4 is 0 Å². The molecule has 2 aromatic rings. The van der Waals surface area contributed by atoms with Crippen LogP contribution in [0.25, 0.3) is 11.0 Å². The molecular weight excluding hydrogens is 296 g/mol. The van der Waals surface area contributed by atoms with E-state index in [1.165, 1.54) is 0 Å². The summed E-state index contributed by atoms with van der Waals surface area (Å²) in [6.45, 7) is 4.30. The smallest absolute Gasteiger partial charge is 0.305 e. The third-order valence-corrected chi connectivity index (χ3v) is 4.38. The lowest BCUT2D eigenvalue weighted by atomic mass is 10.1. The summed E-state index contributed by atoms with van der Waals surface area (Å²) in [4.78, 5) is 30.2. The minimum Gasteiger partial charge on any atom is -0.481 e. The van der Waals surface area contributed by atoms with Crippen LogP contribution in [0.4, 0.5) is 0 Å². The maximum Gasteiger partial charge on any atom is 0.305 e. The van der Waals surface area contributed by atoms with Crippen LogP contribution in [0.2, 0.25) is 0 Å². The van der Waals surface area contributed by atoms with Gasteiger partial charge in [-0.1, -0.05) is 0 Å². The van der Waals surface area contributed by atoms with Gasteiger partial charge in [0.25, 0.3) is 5.91 Å². The van der Waals surface area contributed by atoms with E-state index >= 15 is 0 Å². The number of amides is 1. The lowest BCUT2D eigenvalue weighted by molar-refractivity contribution is -0.137. The number of likely N-dealkylation sites (tertiary alicyclic amines) is 1. The molecule has 1 fully saturated rings. The molecule has 0 radical (unpaired) electrons. The van der Waals surface area contributed by atoms with Crippen molar-refractivity contribution in [3.63, 3.8) is 0 Å². The van der Waals surface area contributed by atoms with Crippen molar-refractivity contribution in [3.8, 4) is 0 Å². The van der Waals surface area contributed by atoms with E-state index in [4.69, 9.17) is 5.11 Å². The molecule has 1 aliphatic heterocycles. The first-order valence-electron chi connectivity index (χ1n) is 7.72. The number of carboxylic acids is 1. The SMILES string of the molecule is Cc1cc(C(=O)N2CCCC2CC(=O)O)c2c(C)nn(C)c2n1. The predicted molar refractivity (Wildman–Crippen MR) is 84.3 cm³/mol. The standard InChI is InChI=1S/C16H20N4O3/c1-9-7-12(14-10(2)18-19(3)15(14)17-9)16(23)20-6-4-5-11(20)8-13(21)22/h7,11H,4-6,8H2,1-3H3,(H,21,22). The molecule has 2 aromatic heterocycles. The number of hydrogen-bond acceptors (Lipinski definition) is 4. The van der Waals surface area contributed by atoms with E-state index in [0.29, 0.717) is 17.8 Å². The third-order valence-electron chi connectivity index (χ3n) is 4.38. The molecule has 1 atom stereocenters. The number of rotatable bonds is 3. The van der Waals surface area contributed by atoms with E-state index in [9.17, 15) is 9.59 Å². The number of aliphatic carboxylic acids is 1. The first kappa shape index (κ1) is 15.5. The van der Waals surface area contributed by atoms with Crippen LogP contribution in [-0.4, -0.2) is 49.2 Å². The van der Waals surface area contributed by atoms with Crippen molar-refractivity contribution < 1.29 is 14.7 Å². The Morgan fingerprint density at radius 2 is 2.13 bits per heavy atom. The van der Waals surface area contributed by atoms with Gasteiger partial charge in [0.15, 0.2) is 5.65 Å². The number of carbonyl (C=O) groups is 2. The second kappa shape index (κ2) is 5.64. The van der Waals surface area contributed by atoms with Crippen LogP contribution in [0.15, 0.2) is 6.07 Å². The zero-order valence-corrected chi connectivity index (χ0v) is 13.5. The highest BCUT2D eigenvalue weighted by atomic mass is 16.4. The molecule has 0 spiro atoms. The van der Waals surface area contributed by atoms with Gasteiger partial charge >= 0.3 is 5.97 Å². The zero-order chi connectivity index (χ0) is 16.7. The number of carbonyl (C=O) groups excluding carboxylic acids is 1. The summed E-state index contributed by atoms with van der Waals surface area (Å²) in [6.07, 6.45) is 1.56. The van der Waals surface area contributed by atoms with E-state index in [1.54, 1.807) is 22.7 Å². The van der Waals surface area contributed by atoms with Gasteiger partial charge in [-0.2, -0.15) is 5.10 Å². The molecule has 122 valence electrons. The Kier molecular flexibility index (Phi) is 3.79. The second-order valence-corrected chi connectivity index (χ2v) is 6.11. The first-order valence-corrected chi connectivity index (χ1v) is 7.72. The number of nitrogens with zero attached hydrogens (tertiary/aromatic N) is 4. The Bertz CT molecular complexity index is 796. The Morgan fingerprint density at radius 3 is 2.83 bits per heavy atom. The van der Waals surface area contributed by atoms with Crippen molar-refractivity contribution in [1.82, 2.24) is 19.7 Å². The van der Waals surface area contributed by atoms with Gasteiger partial charge < -0.3 is 10.0 Å². The van der Waals surface area contributed by atoms with Gasteiger partial charge in [0.05, 0.1) is 23.1 Å². The zero-order valence-electron chi connectivity index (χ0n) is 13.5. The number of fused-ring (bicyclic) bond motifs is 1. The normalized spacial score (nSPS) is 17.9.